The lowest BCUT2D eigenvalue weighted by molar-refractivity contribution is 0.0665. The second kappa shape index (κ2) is 5.63. The normalized spacial score (nSPS) is 18.4. The Labute approximate surface area is 125 Å². The average Bonchev–Trinajstić information content (AvgIpc) is 3.06. The van der Waals surface area contributed by atoms with Crippen molar-refractivity contribution in [2.45, 2.75) is 18.4 Å². The van der Waals surface area contributed by atoms with Gasteiger partial charge >= 0.3 is 6.09 Å². The van der Waals surface area contributed by atoms with Crippen molar-refractivity contribution < 1.29 is 23.0 Å². The Morgan fingerprint density at radius 3 is 2.45 bits per heavy atom. The SMILES string of the molecule is O=C(Nc1cccc(OC2CC2(F)F)c1)Oc1ccccc1. The van der Waals surface area contributed by atoms with E-state index in [2.05, 4.69) is 5.32 Å². The van der Waals surface area contributed by atoms with Crippen LogP contribution in [0.25, 0.3) is 0 Å². The number of rotatable bonds is 4. The first kappa shape index (κ1) is 14.3. The van der Waals surface area contributed by atoms with Gasteiger partial charge in [-0.3, -0.25) is 5.32 Å². The predicted molar refractivity (Wildman–Crippen MR) is 76.5 cm³/mol. The summed E-state index contributed by atoms with van der Waals surface area (Å²) < 4.78 is 35.9. The molecule has 1 fully saturated rings. The summed E-state index contributed by atoms with van der Waals surface area (Å²) in [5, 5.41) is 2.52. The summed E-state index contributed by atoms with van der Waals surface area (Å²) in [6, 6.07) is 14.8. The van der Waals surface area contributed by atoms with Crippen LogP contribution in [0.2, 0.25) is 0 Å². The number of carbonyl (C=O) groups excluding carboxylic acids is 1. The molecule has 1 aliphatic carbocycles. The molecule has 0 saturated heterocycles. The molecule has 2 aromatic rings. The van der Waals surface area contributed by atoms with Crippen LogP contribution in [0, 0.1) is 0 Å². The van der Waals surface area contributed by atoms with Crippen LogP contribution in [0.15, 0.2) is 54.6 Å². The van der Waals surface area contributed by atoms with Gasteiger partial charge in [-0.2, -0.15) is 0 Å². The first-order valence-electron chi connectivity index (χ1n) is 6.71. The average molecular weight is 305 g/mol. The predicted octanol–water partition coefficient (Wildman–Crippen LogP) is 4.08. The van der Waals surface area contributed by atoms with Crippen molar-refractivity contribution in [3.63, 3.8) is 0 Å². The quantitative estimate of drug-likeness (QED) is 0.925. The Morgan fingerprint density at radius 2 is 1.77 bits per heavy atom. The zero-order valence-electron chi connectivity index (χ0n) is 11.5. The van der Waals surface area contributed by atoms with Gasteiger partial charge in [-0.15, -0.1) is 0 Å². The van der Waals surface area contributed by atoms with Gasteiger partial charge in [0.15, 0.2) is 6.10 Å². The Morgan fingerprint density at radius 1 is 1.09 bits per heavy atom. The molecule has 0 aromatic heterocycles. The summed E-state index contributed by atoms with van der Waals surface area (Å²) in [7, 11) is 0. The van der Waals surface area contributed by atoms with Gasteiger partial charge in [0.25, 0.3) is 5.92 Å². The van der Waals surface area contributed by atoms with Crippen LogP contribution in [-0.4, -0.2) is 18.1 Å². The van der Waals surface area contributed by atoms with E-state index in [9.17, 15) is 13.6 Å². The number of para-hydroxylation sites is 1. The number of anilines is 1. The fourth-order valence-electron chi connectivity index (χ4n) is 1.87. The van der Waals surface area contributed by atoms with Crippen LogP contribution in [0.3, 0.4) is 0 Å². The number of benzene rings is 2. The van der Waals surface area contributed by atoms with Crippen molar-refractivity contribution in [1.29, 1.82) is 0 Å². The molecule has 0 bridgehead atoms. The smallest absolute Gasteiger partial charge is 0.417 e. The third-order valence-corrected chi connectivity index (χ3v) is 3.08. The molecule has 22 heavy (non-hydrogen) atoms. The number of hydrogen-bond donors (Lipinski definition) is 1. The number of halogens is 2. The lowest BCUT2D eigenvalue weighted by Gasteiger charge is -2.09. The van der Waals surface area contributed by atoms with Crippen LogP contribution >= 0.6 is 0 Å². The number of hydrogen-bond acceptors (Lipinski definition) is 3. The molecule has 1 aliphatic rings. The van der Waals surface area contributed by atoms with E-state index in [0.717, 1.165) is 0 Å². The molecule has 2 aromatic carbocycles. The van der Waals surface area contributed by atoms with E-state index in [4.69, 9.17) is 9.47 Å². The molecular weight excluding hydrogens is 292 g/mol. The van der Waals surface area contributed by atoms with Crippen LogP contribution < -0.4 is 14.8 Å². The van der Waals surface area contributed by atoms with Crippen molar-refractivity contribution in [2.24, 2.45) is 0 Å². The van der Waals surface area contributed by atoms with Gasteiger partial charge in [0.2, 0.25) is 0 Å². The van der Waals surface area contributed by atoms with Crippen molar-refractivity contribution >= 4 is 11.8 Å². The minimum Gasteiger partial charge on any atom is -0.484 e. The molecule has 114 valence electrons. The Kier molecular flexibility index (Phi) is 3.66. The topological polar surface area (TPSA) is 47.6 Å². The zero-order chi connectivity index (χ0) is 15.6. The van der Waals surface area contributed by atoms with E-state index in [1.807, 2.05) is 0 Å². The molecule has 3 rings (SSSR count). The molecule has 1 atom stereocenters. The van der Waals surface area contributed by atoms with Crippen molar-refractivity contribution in [3.05, 3.63) is 54.6 Å². The minimum atomic E-state index is -2.75. The molecule has 0 radical (unpaired) electrons. The lowest BCUT2D eigenvalue weighted by atomic mass is 10.3. The largest absolute Gasteiger partial charge is 0.484 e. The minimum absolute atomic E-state index is 0.277. The fraction of sp³-hybridized carbons (Fsp3) is 0.188. The second-order valence-electron chi connectivity index (χ2n) is 4.93. The van der Waals surface area contributed by atoms with Gasteiger partial charge in [-0.05, 0) is 24.3 Å². The van der Waals surface area contributed by atoms with E-state index in [-0.39, 0.29) is 12.2 Å². The van der Waals surface area contributed by atoms with Crippen molar-refractivity contribution in [1.82, 2.24) is 0 Å². The molecule has 1 saturated carbocycles. The molecular formula is C16H13F2NO3. The molecule has 1 amide bonds. The van der Waals surface area contributed by atoms with Crippen LogP contribution in [-0.2, 0) is 0 Å². The van der Waals surface area contributed by atoms with E-state index >= 15 is 0 Å². The summed E-state index contributed by atoms with van der Waals surface area (Å²) in [5.41, 5.74) is 0.405. The van der Waals surface area contributed by atoms with Crippen LogP contribution in [0.4, 0.5) is 19.3 Å². The second-order valence-corrected chi connectivity index (χ2v) is 4.93. The molecule has 0 aliphatic heterocycles. The standard InChI is InChI=1S/C16H13F2NO3/c17-16(18)10-14(16)21-13-8-4-5-11(9-13)19-15(20)22-12-6-2-1-3-7-12/h1-9,14H,10H2,(H,19,20). The first-order chi connectivity index (χ1) is 10.5. The Balaban J connectivity index is 1.59. The van der Waals surface area contributed by atoms with E-state index in [1.54, 1.807) is 48.5 Å². The molecule has 4 nitrogen and oxygen atoms in total. The van der Waals surface area contributed by atoms with E-state index in [0.29, 0.717) is 11.4 Å². The highest BCUT2D eigenvalue weighted by Crippen LogP contribution is 2.44. The number of amides is 1. The maximum absolute atomic E-state index is 12.8. The van der Waals surface area contributed by atoms with Gasteiger partial charge < -0.3 is 9.47 Å². The summed E-state index contributed by atoms with van der Waals surface area (Å²) in [4.78, 5) is 11.7. The van der Waals surface area contributed by atoms with Crippen molar-refractivity contribution in [3.8, 4) is 11.5 Å². The third kappa shape index (κ3) is 3.52. The fourth-order valence-corrected chi connectivity index (χ4v) is 1.87. The van der Waals surface area contributed by atoms with Crippen LogP contribution in [0.1, 0.15) is 6.42 Å². The highest BCUT2D eigenvalue weighted by Gasteiger charge is 2.59. The highest BCUT2D eigenvalue weighted by atomic mass is 19.3. The van der Waals surface area contributed by atoms with E-state index < -0.39 is 18.1 Å². The molecule has 1 unspecified atom stereocenters. The lowest BCUT2D eigenvalue weighted by Crippen LogP contribution is -2.16. The summed E-state index contributed by atoms with van der Waals surface area (Å²) in [6.45, 7) is 0. The monoisotopic (exact) mass is 305 g/mol. The highest BCUT2D eigenvalue weighted by molar-refractivity contribution is 5.86. The molecule has 6 heteroatoms. The maximum Gasteiger partial charge on any atom is 0.417 e. The number of alkyl halides is 2. The Hall–Kier alpha value is -2.63. The number of carbonyl (C=O) groups is 1. The van der Waals surface area contributed by atoms with Crippen molar-refractivity contribution in [2.75, 3.05) is 5.32 Å². The zero-order valence-corrected chi connectivity index (χ0v) is 11.5. The molecule has 1 N–H and O–H groups in total. The summed E-state index contributed by atoms with van der Waals surface area (Å²) in [6.07, 6.45) is -2.03. The summed E-state index contributed by atoms with van der Waals surface area (Å²) >= 11 is 0. The van der Waals surface area contributed by atoms with Crippen LogP contribution in [0.5, 0.6) is 11.5 Å². The summed E-state index contributed by atoms with van der Waals surface area (Å²) in [5.74, 6) is -2.07. The van der Waals surface area contributed by atoms with Gasteiger partial charge in [-0.25, -0.2) is 13.6 Å². The number of ether oxygens (including phenoxy) is 2. The van der Waals surface area contributed by atoms with Gasteiger partial charge in [0.1, 0.15) is 11.5 Å². The van der Waals surface area contributed by atoms with Gasteiger partial charge in [0.05, 0.1) is 6.42 Å². The molecule has 0 spiro atoms. The van der Waals surface area contributed by atoms with Gasteiger partial charge in [-0.1, -0.05) is 24.3 Å². The third-order valence-electron chi connectivity index (χ3n) is 3.08. The van der Waals surface area contributed by atoms with Gasteiger partial charge in [0, 0.05) is 11.8 Å². The van der Waals surface area contributed by atoms with E-state index in [1.165, 1.54) is 6.07 Å². The molecule has 0 heterocycles. The Bertz CT molecular complexity index is 676. The number of nitrogens with one attached hydrogen (secondary N) is 1. The maximum atomic E-state index is 12.8. The first-order valence-corrected chi connectivity index (χ1v) is 6.71.